The summed E-state index contributed by atoms with van der Waals surface area (Å²) in [5.74, 6) is -0.250. The van der Waals surface area contributed by atoms with Crippen molar-refractivity contribution in [3.05, 3.63) is 23.9 Å². The normalized spacial score (nSPS) is 23.0. The van der Waals surface area contributed by atoms with Crippen LogP contribution in [-0.2, 0) is 9.53 Å². The standard InChI is InChI=1S/C14H24N2O2/c1-4-16(5-2)8-9-18-14(17)13-7-6-12(15)10-11(13)3/h6-7,10-11,13H,4-5,8-9,15H2,1-3H3. The van der Waals surface area contributed by atoms with E-state index in [9.17, 15) is 4.79 Å². The second kappa shape index (κ2) is 7.21. The Kier molecular flexibility index (Phi) is 5.92. The molecule has 1 aliphatic rings. The quantitative estimate of drug-likeness (QED) is 0.728. The summed E-state index contributed by atoms with van der Waals surface area (Å²) < 4.78 is 5.32. The smallest absolute Gasteiger partial charge is 0.313 e. The summed E-state index contributed by atoms with van der Waals surface area (Å²) in [4.78, 5) is 14.1. The fourth-order valence-electron chi connectivity index (χ4n) is 2.06. The van der Waals surface area contributed by atoms with Crippen molar-refractivity contribution in [3.8, 4) is 0 Å². The third-order valence-corrected chi connectivity index (χ3v) is 3.34. The van der Waals surface area contributed by atoms with E-state index in [0.717, 1.165) is 25.3 Å². The molecule has 2 unspecified atom stereocenters. The van der Waals surface area contributed by atoms with E-state index in [0.29, 0.717) is 6.61 Å². The molecule has 0 saturated heterocycles. The van der Waals surface area contributed by atoms with E-state index in [4.69, 9.17) is 10.5 Å². The number of allylic oxidation sites excluding steroid dienone is 2. The van der Waals surface area contributed by atoms with Crippen LogP contribution in [0.1, 0.15) is 20.8 Å². The molecular formula is C14H24N2O2. The molecule has 2 atom stereocenters. The maximum Gasteiger partial charge on any atom is 0.313 e. The van der Waals surface area contributed by atoms with Crippen LogP contribution in [0.5, 0.6) is 0 Å². The molecule has 0 spiro atoms. The molecule has 0 aromatic carbocycles. The molecule has 1 aliphatic carbocycles. The molecule has 1 rings (SSSR count). The molecule has 4 nitrogen and oxygen atoms in total. The van der Waals surface area contributed by atoms with Crippen LogP contribution < -0.4 is 5.73 Å². The van der Waals surface area contributed by atoms with Crippen molar-refractivity contribution in [2.75, 3.05) is 26.2 Å². The molecule has 0 bridgehead atoms. The lowest BCUT2D eigenvalue weighted by Gasteiger charge is -2.22. The van der Waals surface area contributed by atoms with Crippen LogP contribution in [-0.4, -0.2) is 37.1 Å². The van der Waals surface area contributed by atoms with Gasteiger partial charge in [-0.15, -0.1) is 0 Å². The Bertz CT molecular complexity index is 333. The van der Waals surface area contributed by atoms with E-state index in [1.165, 1.54) is 0 Å². The van der Waals surface area contributed by atoms with Crippen molar-refractivity contribution in [2.45, 2.75) is 20.8 Å². The Morgan fingerprint density at radius 1 is 1.44 bits per heavy atom. The number of rotatable bonds is 6. The zero-order chi connectivity index (χ0) is 13.5. The van der Waals surface area contributed by atoms with Crippen LogP contribution in [0.15, 0.2) is 23.9 Å². The van der Waals surface area contributed by atoms with Gasteiger partial charge < -0.3 is 15.4 Å². The Balaban J connectivity index is 2.36. The number of carbonyl (C=O) groups is 1. The van der Waals surface area contributed by atoms with Gasteiger partial charge >= 0.3 is 5.97 Å². The Morgan fingerprint density at radius 3 is 2.67 bits per heavy atom. The second-order valence-corrected chi connectivity index (χ2v) is 4.61. The number of hydrogen-bond acceptors (Lipinski definition) is 4. The molecule has 0 aromatic heterocycles. The summed E-state index contributed by atoms with van der Waals surface area (Å²) in [6, 6.07) is 0. The molecule has 4 heteroatoms. The summed E-state index contributed by atoms with van der Waals surface area (Å²) in [5.41, 5.74) is 6.40. The first-order valence-corrected chi connectivity index (χ1v) is 6.63. The molecule has 0 saturated carbocycles. The average molecular weight is 252 g/mol. The molecule has 102 valence electrons. The predicted octanol–water partition coefficient (Wildman–Crippen LogP) is 1.54. The monoisotopic (exact) mass is 252 g/mol. The minimum atomic E-state index is -0.200. The van der Waals surface area contributed by atoms with Crippen LogP contribution >= 0.6 is 0 Å². The van der Waals surface area contributed by atoms with Crippen LogP contribution in [0.3, 0.4) is 0 Å². The minimum absolute atomic E-state index is 0.107. The number of carbonyl (C=O) groups excluding carboxylic acids is 1. The zero-order valence-electron chi connectivity index (χ0n) is 11.6. The third kappa shape index (κ3) is 4.18. The fraction of sp³-hybridized carbons (Fsp3) is 0.643. The number of nitrogens with zero attached hydrogens (tertiary/aromatic N) is 1. The summed E-state index contributed by atoms with van der Waals surface area (Å²) >= 11 is 0. The summed E-state index contributed by atoms with van der Waals surface area (Å²) in [6.07, 6.45) is 5.51. The van der Waals surface area contributed by atoms with Gasteiger partial charge in [0.05, 0.1) is 5.92 Å². The first-order valence-electron chi connectivity index (χ1n) is 6.63. The van der Waals surface area contributed by atoms with Gasteiger partial charge in [-0.3, -0.25) is 4.79 Å². The largest absolute Gasteiger partial charge is 0.464 e. The van der Waals surface area contributed by atoms with Crippen molar-refractivity contribution >= 4 is 5.97 Å². The minimum Gasteiger partial charge on any atom is -0.464 e. The first kappa shape index (κ1) is 14.8. The molecule has 0 amide bonds. The van der Waals surface area contributed by atoms with Gasteiger partial charge in [-0.2, -0.15) is 0 Å². The van der Waals surface area contributed by atoms with Gasteiger partial charge in [0.25, 0.3) is 0 Å². The Morgan fingerprint density at radius 2 is 2.11 bits per heavy atom. The summed E-state index contributed by atoms with van der Waals surface area (Å²) in [7, 11) is 0. The molecule has 2 N–H and O–H groups in total. The zero-order valence-corrected chi connectivity index (χ0v) is 11.6. The van der Waals surface area contributed by atoms with Gasteiger partial charge in [-0.05, 0) is 25.1 Å². The highest BCUT2D eigenvalue weighted by Gasteiger charge is 2.24. The van der Waals surface area contributed by atoms with Crippen LogP contribution in [0.2, 0.25) is 0 Å². The molecule has 0 fully saturated rings. The van der Waals surface area contributed by atoms with E-state index in [1.54, 1.807) is 6.08 Å². The van der Waals surface area contributed by atoms with Crippen LogP contribution in [0.4, 0.5) is 0 Å². The SMILES string of the molecule is CCN(CC)CCOC(=O)C1C=CC(N)=CC1C. The molecule has 0 heterocycles. The molecule has 18 heavy (non-hydrogen) atoms. The van der Waals surface area contributed by atoms with Gasteiger partial charge in [0.15, 0.2) is 0 Å². The molecule has 0 radical (unpaired) electrons. The highest BCUT2D eigenvalue weighted by atomic mass is 16.5. The molecule has 0 aliphatic heterocycles. The first-order chi connectivity index (χ1) is 8.58. The van der Waals surface area contributed by atoms with Gasteiger partial charge in [-0.25, -0.2) is 0 Å². The van der Waals surface area contributed by atoms with Crippen LogP contribution in [0.25, 0.3) is 0 Å². The Labute approximate surface area is 109 Å². The second-order valence-electron chi connectivity index (χ2n) is 4.61. The number of nitrogens with two attached hydrogens (primary N) is 1. The lowest BCUT2D eigenvalue weighted by molar-refractivity contribution is -0.148. The lowest BCUT2D eigenvalue weighted by Crippen LogP contribution is -2.30. The van der Waals surface area contributed by atoms with Crippen molar-refractivity contribution in [1.82, 2.24) is 4.90 Å². The summed E-state index contributed by atoms with van der Waals surface area (Å²) in [5, 5.41) is 0. The van der Waals surface area contributed by atoms with Gasteiger partial charge in [-0.1, -0.05) is 32.9 Å². The maximum absolute atomic E-state index is 11.9. The predicted molar refractivity (Wildman–Crippen MR) is 72.8 cm³/mol. The highest BCUT2D eigenvalue weighted by Crippen LogP contribution is 2.22. The van der Waals surface area contributed by atoms with E-state index in [-0.39, 0.29) is 17.8 Å². The topological polar surface area (TPSA) is 55.6 Å². The van der Waals surface area contributed by atoms with Gasteiger partial charge in [0.1, 0.15) is 6.61 Å². The van der Waals surface area contributed by atoms with Crippen molar-refractivity contribution < 1.29 is 9.53 Å². The van der Waals surface area contributed by atoms with E-state index in [1.807, 2.05) is 19.1 Å². The number of likely N-dealkylation sites (N-methyl/N-ethyl adjacent to an activating group) is 1. The fourth-order valence-corrected chi connectivity index (χ4v) is 2.06. The van der Waals surface area contributed by atoms with Crippen LogP contribution in [0, 0.1) is 11.8 Å². The number of ether oxygens (including phenoxy) is 1. The Hall–Kier alpha value is -1.29. The van der Waals surface area contributed by atoms with Crippen molar-refractivity contribution in [1.29, 1.82) is 0 Å². The number of hydrogen-bond donors (Lipinski definition) is 1. The molecular weight excluding hydrogens is 228 g/mol. The highest BCUT2D eigenvalue weighted by molar-refractivity contribution is 5.75. The van der Waals surface area contributed by atoms with Gasteiger partial charge in [0, 0.05) is 12.2 Å². The van der Waals surface area contributed by atoms with Crippen molar-refractivity contribution in [3.63, 3.8) is 0 Å². The maximum atomic E-state index is 11.9. The van der Waals surface area contributed by atoms with Crippen molar-refractivity contribution in [2.24, 2.45) is 17.6 Å². The summed E-state index contributed by atoms with van der Waals surface area (Å²) in [6.45, 7) is 9.39. The molecule has 0 aromatic rings. The van der Waals surface area contributed by atoms with E-state index < -0.39 is 0 Å². The average Bonchev–Trinajstić information content (AvgIpc) is 2.34. The third-order valence-electron chi connectivity index (χ3n) is 3.34. The number of esters is 1. The lowest BCUT2D eigenvalue weighted by atomic mass is 9.89. The van der Waals surface area contributed by atoms with E-state index >= 15 is 0 Å². The van der Waals surface area contributed by atoms with Gasteiger partial charge in [0.2, 0.25) is 0 Å². The van der Waals surface area contributed by atoms with E-state index in [2.05, 4.69) is 18.7 Å².